The summed E-state index contributed by atoms with van der Waals surface area (Å²) in [4.78, 5) is 2.46. The minimum absolute atomic E-state index is 0.130. The van der Waals surface area contributed by atoms with Crippen molar-refractivity contribution < 1.29 is 4.42 Å². The van der Waals surface area contributed by atoms with Gasteiger partial charge in [0.15, 0.2) is 5.58 Å². The first-order chi connectivity index (χ1) is 29.1. The van der Waals surface area contributed by atoms with Gasteiger partial charge in [-0.25, -0.2) is 0 Å². The summed E-state index contributed by atoms with van der Waals surface area (Å²) in [5, 5.41) is 2.19. The number of hydrogen-bond donors (Lipinski definition) is 0. The Morgan fingerprint density at radius 1 is 0.356 bits per heavy atom. The largest absolute Gasteiger partial charge is 0.454 e. The Hall–Kier alpha value is -7.42. The van der Waals surface area contributed by atoms with E-state index in [1.54, 1.807) is 0 Å². The van der Waals surface area contributed by atoms with Crippen LogP contribution in [0.2, 0.25) is 0 Å². The first-order valence-electron chi connectivity index (χ1n) is 20.4. The number of furan rings is 1. The maximum Gasteiger partial charge on any atom is 0.159 e. The van der Waals surface area contributed by atoms with E-state index in [1.165, 1.54) is 38.9 Å². The van der Waals surface area contributed by atoms with Gasteiger partial charge in [-0.2, -0.15) is 0 Å². The summed E-state index contributed by atoms with van der Waals surface area (Å²) in [6.07, 6.45) is 0. The summed E-state index contributed by atoms with van der Waals surface area (Å²) in [7, 11) is 0. The lowest BCUT2D eigenvalue weighted by atomic mass is 9.81. The number of anilines is 3. The topological polar surface area (TPSA) is 16.4 Å². The second-order valence-electron chi connectivity index (χ2n) is 16.0. The van der Waals surface area contributed by atoms with Crippen molar-refractivity contribution >= 4 is 39.0 Å². The molecule has 1 aliphatic carbocycles. The predicted molar refractivity (Wildman–Crippen MR) is 248 cm³/mol. The van der Waals surface area contributed by atoms with Crippen molar-refractivity contribution in [2.45, 2.75) is 19.3 Å². The zero-order valence-corrected chi connectivity index (χ0v) is 33.1. The lowest BCUT2D eigenvalue weighted by Crippen LogP contribution is -2.15. The van der Waals surface area contributed by atoms with Crippen LogP contribution in [-0.4, -0.2) is 0 Å². The van der Waals surface area contributed by atoms with Gasteiger partial charge in [0.05, 0.1) is 17.1 Å². The van der Waals surface area contributed by atoms with E-state index in [1.807, 2.05) is 6.07 Å². The van der Waals surface area contributed by atoms with Crippen LogP contribution in [0.4, 0.5) is 17.1 Å². The number of hydrogen-bond acceptors (Lipinski definition) is 2. The molecule has 0 fully saturated rings. The average Bonchev–Trinajstić information content (AvgIpc) is 3.79. The third-order valence-electron chi connectivity index (χ3n) is 12.3. The Balaban J connectivity index is 1.23. The smallest absolute Gasteiger partial charge is 0.159 e. The van der Waals surface area contributed by atoms with Crippen LogP contribution >= 0.6 is 0 Å². The van der Waals surface area contributed by atoms with E-state index in [0.29, 0.717) is 0 Å². The van der Waals surface area contributed by atoms with Crippen LogP contribution in [0.25, 0.3) is 77.6 Å². The molecule has 0 atom stereocenters. The van der Waals surface area contributed by atoms with E-state index < -0.39 is 0 Å². The molecular weight excluding hydrogens is 715 g/mol. The van der Waals surface area contributed by atoms with Gasteiger partial charge in [-0.1, -0.05) is 196 Å². The molecule has 1 heterocycles. The van der Waals surface area contributed by atoms with Gasteiger partial charge in [-0.15, -0.1) is 0 Å². The number of rotatable bonds is 7. The first kappa shape index (κ1) is 34.8. The van der Waals surface area contributed by atoms with Gasteiger partial charge in [0, 0.05) is 27.3 Å². The van der Waals surface area contributed by atoms with Crippen molar-refractivity contribution in [3.63, 3.8) is 0 Å². The molecule has 2 heteroatoms. The van der Waals surface area contributed by atoms with E-state index in [0.717, 1.165) is 66.8 Å². The maximum absolute atomic E-state index is 6.89. The van der Waals surface area contributed by atoms with Crippen LogP contribution in [0.15, 0.2) is 217 Å². The molecule has 2 nitrogen and oxygen atoms in total. The molecule has 11 rings (SSSR count). The molecule has 0 aliphatic heterocycles. The van der Waals surface area contributed by atoms with E-state index >= 15 is 0 Å². The van der Waals surface area contributed by atoms with E-state index in [9.17, 15) is 0 Å². The summed E-state index contributed by atoms with van der Waals surface area (Å²) < 4.78 is 6.89. The van der Waals surface area contributed by atoms with Gasteiger partial charge < -0.3 is 9.32 Å². The lowest BCUT2D eigenvalue weighted by molar-refractivity contribution is 0.660. The first-order valence-corrected chi connectivity index (χ1v) is 20.4. The quantitative estimate of drug-likeness (QED) is 0.161. The van der Waals surface area contributed by atoms with Crippen LogP contribution in [0.1, 0.15) is 25.0 Å². The zero-order chi connectivity index (χ0) is 39.5. The van der Waals surface area contributed by atoms with Crippen molar-refractivity contribution in [1.29, 1.82) is 0 Å². The van der Waals surface area contributed by atoms with Crippen LogP contribution < -0.4 is 4.90 Å². The highest BCUT2D eigenvalue weighted by molar-refractivity contribution is 6.12. The molecular formula is C57H41NO. The predicted octanol–water partition coefficient (Wildman–Crippen LogP) is 16.0. The molecule has 1 aliphatic rings. The van der Waals surface area contributed by atoms with E-state index in [-0.39, 0.29) is 5.41 Å². The van der Waals surface area contributed by atoms with Crippen LogP contribution in [0, 0.1) is 0 Å². The molecule has 9 aromatic carbocycles. The fourth-order valence-corrected chi connectivity index (χ4v) is 9.52. The van der Waals surface area contributed by atoms with Crippen molar-refractivity contribution in [1.82, 2.24) is 0 Å². The Morgan fingerprint density at radius 3 is 1.69 bits per heavy atom. The minimum Gasteiger partial charge on any atom is -0.454 e. The summed E-state index contributed by atoms with van der Waals surface area (Å²) in [6, 6.07) is 76.9. The Kier molecular flexibility index (Phi) is 8.20. The van der Waals surface area contributed by atoms with E-state index in [2.05, 4.69) is 225 Å². The second-order valence-corrected chi connectivity index (χ2v) is 16.0. The average molecular weight is 756 g/mol. The highest BCUT2D eigenvalue weighted by Gasteiger charge is 2.36. The maximum atomic E-state index is 6.89. The Labute approximate surface area is 345 Å². The van der Waals surface area contributed by atoms with Gasteiger partial charge >= 0.3 is 0 Å². The molecule has 10 aromatic rings. The highest BCUT2D eigenvalue weighted by Crippen LogP contribution is 2.53. The van der Waals surface area contributed by atoms with Crippen molar-refractivity contribution in [2.24, 2.45) is 0 Å². The molecule has 0 saturated carbocycles. The van der Waals surface area contributed by atoms with Crippen LogP contribution in [-0.2, 0) is 5.41 Å². The molecule has 280 valence electrons. The molecule has 0 N–H and O–H groups in total. The fraction of sp³-hybridized carbons (Fsp3) is 0.0526. The molecule has 0 amide bonds. The molecule has 0 spiro atoms. The SMILES string of the molecule is CC1(C)c2ccccc2-c2ccc(-c3ccccc3N(c3cccc(-c4ccccc4)c3-c3ccccc3-c3ccccc3)c3cccc4c3oc3ccccc34)cc21. The number of fused-ring (bicyclic) bond motifs is 6. The van der Waals surface area contributed by atoms with Gasteiger partial charge in [0.25, 0.3) is 0 Å². The number of benzene rings is 9. The molecule has 0 bridgehead atoms. The van der Waals surface area contributed by atoms with Crippen molar-refractivity contribution in [3.8, 4) is 55.6 Å². The third kappa shape index (κ3) is 5.63. The molecule has 59 heavy (non-hydrogen) atoms. The van der Waals surface area contributed by atoms with Crippen molar-refractivity contribution in [3.05, 3.63) is 223 Å². The van der Waals surface area contributed by atoms with E-state index in [4.69, 9.17) is 4.42 Å². The molecule has 0 unspecified atom stereocenters. The van der Waals surface area contributed by atoms with Gasteiger partial charge in [-0.3, -0.25) is 0 Å². The number of para-hydroxylation sites is 3. The molecule has 1 aromatic heterocycles. The number of nitrogens with zero attached hydrogens (tertiary/aromatic N) is 1. The zero-order valence-electron chi connectivity index (χ0n) is 33.1. The third-order valence-corrected chi connectivity index (χ3v) is 12.3. The van der Waals surface area contributed by atoms with Gasteiger partial charge in [-0.05, 0) is 86.0 Å². The standard InChI is InChI=1S/C57H41NO/c1-57(2)49-30-14-11-25-44(49)45-36-35-40(37-50(45)57)42-24-12-15-31-51(42)58(53-33-18-29-48-46-26-13-16-34-54(46)59-56(48)53)52-32-17-28-43(39-21-7-4-8-22-39)55(52)47-27-10-9-23-41(47)38-19-5-3-6-20-38/h3-37H,1-2H3. The van der Waals surface area contributed by atoms with Crippen molar-refractivity contribution in [2.75, 3.05) is 4.90 Å². The molecule has 0 saturated heterocycles. The minimum atomic E-state index is -0.130. The lowest BCUT2D eigenvalue weighted by Gasteiger charge is -2.31. The second kappa shape index (κ2) is 13.9. The summed E-state index contributed by atoms with van der Waals surface area (Å²) in [5.74, 6) is 0. The van der Waals surface area contributed by atoms with Crippen LogP contribution in [0.5, 0.6) is 0 Å². The van der Waals surface area contributed by atoms with Crippen LogP contribution in [0.3, 0.4) is 0 Å². The Bertz CT molecular complexity index is 3190. The van der Waals surface area contributed by atoms with Gasteiger partial charge in [0.2, 0.25) is 0 Å². The fourth-order valence-electron chi connectivity index (χ4n) is 9.52. The normalized spacial score (nSPS) is 12.7. The monoisotopic (exact) mass is 755 g/mol. The summed E-state index contributed by atoms with van der Waals surface area (Å²) in [5.41, 5.74) is 19.3. The summed E-state index contributed by atoms with van der Waals surface area (Å²) >= 11 is 0. The molecule has 0 radical (unpaired) electrons. The Morgan fingerprint density at radius 2 is 0.898 bits per heavy atom. The summed E-state index contributed by atoms with van der Waals surface area (Å²) in [6.45, 7) is 4.71. The van der Waals surface area contributed by atoms with Gasteiger partial charge in [0.1, 0.15) is 5.58 Å². The highest BCUT2D eigenvalue weighted by atomic mass is 16.3.